The van der Waals surface area contributed by atoms with Crippen LogP contribution in [0.2, 0.25) is 0 Å². The van der Waals surface area contributed by atoms with E-state index in [0.29, 0.717) is 44.3 Å². The summed E-state index contributed by atoms with van der Waals surface area (Å²) in [6, 6.07) is 0. The zero-order valence-electron chi connectivity index (χ0n) is 14.5. The fourth-order valence-electron chi connectivity index (χ4n) is 2.99. The molecule has 1 fully saturated rings. The maximum absolute atomic E-state index is 11.9. The molecule has 1 saturated heterocycles. The summed E-state index contributed by atoms with van der Waals surface area (Å²) < 4.78 is 24.3. The SMILES string of the molecule is CCN(CCCNC(=O)CC(C)C1CCNCC1)S(C)(=O)=O.Cl. The van der Waals surface area contributed by atoms with Crippen LogP contribution in [-0.2, 0) is 14.8 Å². The molecule has 0 radical (unpaired) electrons. The minimum atomic E-state index is -3.13. The number of carbonyl (C=O) groups excluding carboxylic acids is 1. The van der Waals surface area contributed by atoms with Crippen molar-refractivity contribution in [1.82, 2.24) is 14.9 Å². The Balaban J connectivity index is 0.00000484. The quantitative estimate of drug-likeness (QED) is 0.599. The molecule has 1 atom stereocenters. The molecular formula is C15H32ClN3O3S. The minimum Gasteiger partial charge on any atom is -0.356 e. The van der Waals surface area contributed by atoms with Gasteiger partial charge in [-0.2, -0.15) is 0 Å². The van der Waals surface area contributed by atoms with Gasteiger partial charge >= 0.3 is 0 Å². The fraction of sp³-hybridized carbons (Fsp3) is 0.933. The second-order valence-electron chi connectivity index (χ2n) is 6.23. The van der Waals surface area contributed by atoms with Crippen LogP contribution in [0.25, 0.3) is 0 Å². The van der Waals surface area contributed by atoms with Crippen molar-refractivity contribution in [2.45, 2.75) is 39.5 Å². The number of hydrogen-bond donors (Lipinski definition) is 2. The lowest BCUT2D eigenvalue weighted by molar-refractivity contribution is -0.122. The summed E-state index contributed by atoms with van der Waals surface area (Å²) in [5.74, 6) is 1.12. The van der Waals surface area contributed by atoms with Gasteiger partial charge in [-0.3, -0.25) is 4.79 Å². The van der Waals surface area contributed by atoms with Crippen molar-refractivity contribution >= 4 is 28.3 Å². The maximum atomic E-state index is 11.9. The summed E-state index contributed by atoms with van der Waals surface area (Å²) >= 11 is 0. The number of carbonyl (C=O) groups is 1. The standard InChI is InChI=1S/C15H31N3O3S.ClH/c1-4-18(22(3,20)21)11-5-8-17-15(19)12-13(2)14-6-9-16-10-7-14;/h13-14,16H,4-12H2,1-3H3,(H,17,19);1H. The van der Waals surface area contributed by atoms with Gasteiger partial charge < -0.3 is 10.6 Å². The number of hydrogen-bond acceptors (Lipinski definition) is 4. The van der Waals surface area contributed by atoms with Gasteiger partial charge in [-0.05, 0) is 44.2 Å². The number of amides is 1. The Labute approximate surface area is 147 Å². The summed E-state index contributed by atoms with van der Waals surface area (Å²) in [6.07, 6.45) is 4.72. The first-order valence-corrected chi connectivity index (χ1v) is 10.1. The summed E-state index contributed by atoms with van der Waals surface area (Å²) in [7, 11) is -3.13. The molecule has 1 aliphatic rings. The summed E-state index contributed by atoms with van der Waals surface area (Å²) in [5, 5.41) is 6.25. The molecular weight excluding hydrogens is 338 g/mol. The van der Waals surface area contributed by atoms with Crippen LogP contribution < -0.4 is 10.6 Å². The zero-order valence-corrected chi connectivity index (χ0v) is 16.1. The average molecular weight is 370 g/mol. The van der Waals surface area contributed by atoms with Crippen LogP contribution in [0.5, 0.6) is 0 Å². The third kappa shape index (κ3) is 8.88. The predicted molar refractivity (Wildman–Crippen MR) is 96.3 cm³/mol. The molecule has 1 heterocycles. The minimum absolute atomic E-state index is 0. The molecule has 8 heteroatoms. The van der Waals surface area contributed by atoms with E-state index in [2.05, 4.69) is 17.6 Å². The highest BCUT2D eigenvalue weighted by molar-refractivity contribution is 7.88. The molecule has 138 valence electrons. The lowest BCUT2D eigenvalue weighted by Crippen LogP contribution is -2.35. The number of piperidine rings is 1. The third-order valence-corrected chi connectivity index (χ3v) is 5.80. The third-order valence-electron chi connectivity index (χ3n) is 4.42. The Morgan fingerprint density at radius 3 is 2.48 bits per heavy atom. The Bertz CT molecular complexity index is 439. The predicted octanol–water partition coefficient (Wildman–Crippen LogP) is 1.22. The van der Waals surface area contributed by atoms with E-state index in [0.717, 1.165) is 25.9 Å². The molecule has 0 aliphatic carbocycles. The van der Waals surface area contributed by atoms with Gasteiger partial charge in [0.2, 0.25) is 15.9 Å². The number of rotatable bonds is 9. The smallest absolute Gasteiger partial charge is 0.220 e. The van der Waals surface area contributed by atoms with Crippen molar-refractivity contribution < 1.29 is 13.2 Å². The van der Waals surface area contributed by atoms with Crippen LogP contribution in [0, 0.1) is 11.8 Å². The molecule has 0 spiro atoms. The Morgan fingerprint density at radius 2 is 1.96 bits per heavy atom. The molecule has 1 aliphatic heterocycles. The molecule has 0 saturated carbocycles. The van der Waals surface area contributed by atoms with Gasteiger partial charge in [0.25, 0.3) is 0 Å². The Kier molecular flexibility index (Phi) is 11.1. The van der Waals surface area contributed by atoms with E-state index in [4.69, 9.17) is 0 Å². The summed E-state index contributed by atoms with van der Waals surface area (Å²) in [5.41, 5.74) is 0. The fourth-order valence-corrected chi connectivity index (χ4v) is 3.92. The monoisotopic (exact) mass is 369 g/mol. The lowest BCUT2D eigenvalue weighted by atomic mass is 9.84. The van der Waals surface area contributed by atoms with Gasteiger partial charge in [-0.1, -0.05) is 13.8 Å². The topological polar surface area (TPSA) is 78.5 Å². The first-order chi connectivity index (χ1) is 10.3. The van der Waals surface area contributed by atoms with Crippen LogP contribution in [0.4, 0.5) is 0 Å². The molecule has 2 N–H and O–H groups in total. The summed E-state index contributed by atoms with van der Waals surface area (Å²) in [6.45, 7) is 7.53. The second kappa shape index (κ2) is 11.2. The molecule has 6 nitrogen and oxygen atoms in total. The van der Waals surface area contributed by atoms with Crippen molar-refractivity contribution in [1.29, 1.82) is 0 Å². The van der Waals surface area contributed by atoms with Crippen LogP contribution in [0.3, 0.4) is 0 Å². The van der Waals surface area contributed by atoms with Crippen molar-refractivity contribution in [3.8, 4) is 0 Å². The van der Waals surface area contributed by atoms with Crippen molar-refractivity contribution in [3.05, 3.63) is 0 Å². The maximum Gasteiger partial charge on any atom is 0.220 e. The molecule has 23 heavy (non-hydrogen) atoms. The lowest BCUT2D eigenvalue weighted by Gasteiger charge is -2.27. The number of sulfonamides is 1. The van der Waals surface area contributed by atoms with Gasteiger partial charge in [0, 0.05) is 26.1 Å². The zero-order chi connectivity index (χ0) is 16.6. The van der Waals surface area contributed by atoms with Crippen LogP contribution in [-0.4, -0.2) is 57.6 Å². The number of nitrogens with one attached hydrogen (secondary N) is 2. The first kappa shape index (κ1) is 22.6. The van der Waals surface area contributed by atoms with E-state index >= 15 is 0 Å². The van der Waals surface area contributed by atoms with Crippen LogP contribution in [0.1, 0.15) is 39.5 Å². The van der Waals surface area contributed by atoms with E-state index in [9.17, 15) is 13.2 Å². The highest BCUT2D eigenvalue weighted by atomic mass is 35.5. The van der Waals surface area contributed by atoms with Gasteiger partial charge in [-0.25, -0.2) is 12.7 Å². The molecule has 0 aromatic rings. The highest BCUT2D eigenvalue weighted by Gasteiger charge is 2.21. The van der Waals surface area contributed by atoms with E-state index in [-0.39, 0.29) is 18.3 Å². The molecule has 1 unspecified atom stereocenters. The van der Waals surface area contributed by atoms with Crippen molar-refractivity contribution in [3.63, 3.8) is 0 Å². The molecule has 0 bridgehead atoms. The van der Waals surface area contributed by atoms with E-state index in [1.54, 1.807) is 0 Å². The normalized spacial score (nSPS) is 17.6. The van der Waals surface area contributed by atoms with E-state index in [1.807, 2.05) is 6.92 Å². The highest BCUT2D eigenvalue weighted by Crippen LogP contribution is 2.24. The van der Waals surface area contributed by atoms with Gasteiger partial charge in [0.1, 0.15) is 0 Å². The first-order valence-electron chi connectivity index (χ1n) is 8.27. The van der Waals surface area contributed by atoms with Crippen molar-refractivity contribution in [2.24, 2.45) is 11.8 Å². The van der Waals surface area contributed by atoms with Crippen LogP contribution >= 0.6 is 12.4 Å². The molecule has 1 rings (SSSR count). The van der Waals surface area contributed by atoms with E-state index in [1.165, 1.54) is 10.6 Å². The number of halogens is 1. The van der Waals surface area contributed by atoms with Crippen LogP contribution in [0.15, 0.2) is 0 Å². The molecule has 1 amide bonds. The van der Waals surface area contributed by atoms with Gasteiger partial charge in [0.15, 0.2) is 0 Å². The number of nitrogens with zero attached hydrogens (tertiary/aromatic N) is 1. The van der Waals surface area contributed by atoms with Crippen molar-refractivity contribution in [2.75, 3.05) is 39.0 Å². The Hall–Kier alpha value is -0.370. The summed E-state index contributed by atoms with van der Waals surface area (Å²) in [4.78, 5) is 11.9. The Morgan fingerprint density at radius 1 is 1.35 bits per heavy atom. The molecule has 0 aromatic heterocycles. The van der Waals surface area contributed by atoms with Gasteiger partial charge in [-0.15, -0.1) is 12.4 Å². The van der Waals surface area contributed by atoms with Gasteiger partial charge in [0.05, 0.1) is 6.26 Å². The second-order valence-corrected chi connectivity index (χ2v) is 8.21. The average Bonchev–Trinajstić information content (AvgIpc) is 2.46. The largest absolute Gasteiger partial charge is 0.356 e. The molecule has 0 aromatic carbocycles. The van der Waals surface area contributed by atoms with E-state index < -0.39 is 10.0 Å².